The summed E-state index contributed by atoms with van der Waals surface area (Å²) in [6, 6.07) is 9.59. The number of benzene rings is 1. The number of likely N-dealkylation sites (N-methyl/N-ethyl adjacent to an activating group) is 1. The Morgan fingerprint density at radius 2 is 2.14 bits per heavy atom. The second kappa shape index (κ2) is 6.10. The summed E-state index contributed by atoms with van der Waals surface area (Å²) in [4.78, 5) is 14.5. The van der Waals surface area contributed by atoms with E-state index in [-0.39, 0.29) is 18.0 Å². The first-order chi connectivity index (χ1) is 10.5. The zero-order valence-corrected chi connectivity index (χ0v) is 13.3. The highest BCUT2D eigenvalue weighted by atomic mass is 35.5. The van der Waals surface area contributed by atoms with E-state index in [1.165, 1.54) is 0 Å². The van der Waals surface area contributed by atoms with Crippen LogP contribution in [-0.2, 0) is 0 Å². The minimum atomic E-state index is -0.198. The topological polar surface area (TPSA) is 58.4 Å². The molecule has 0 radical (unpaired) electrons. The number of hydrogen-bond donors (Lipinski definition) is 1. The third-order valence-corrected chi connectivity index (χ3v) is 4.29. The van der Waals surface area contributed by atoms with Gasteiger partial charge in [-0.05, 0) is 38.1 Å². The van der Waals surface area contributed by atoms with Gasteiger partial charge in [0.1, 0.15) is 5.76 Å². The maximum Gasteiger partial charge on any atom is 0.273 e. The molecule has 0 spiro atoms. The van der Waals surface area contributed by atoms with E-state index >= 15 is 0 Å². The van der Waals surface area contributed by atoms with Crippen molar-refractivity contribution in [2.24, 2.45) is 0 Å². The number of halogens is 1. The van der Waals surface area contributed by atoms with Crippen LogP contribution in [0.25, 0.3) is 0 Å². The molecular formula is C16H18ClN3O2. The van der Waals surface area contributed by atoms with Gasteiger partial charge in [0.25, 0.3) is 5.91 Å². The molecule has 22 heavy (non-hydrogen) atoms. The van der Waals surface area contributed by atoms with Crippen LogP contribution in [0.3, 0.4) is 0 Å². The van der Waals surface area contributed by atoms with Crippen molar-refractivity contribution in [3.8, 4) is 0 Å². The van der Waals surface area contributed by atoms with Crippen molar-refractivity contribution in [1.29, 1.82) is 0 Å². The lowest BCUT2D eigenvalue weighted by molar-refractivity contribution is 0.0918. The van der Waals surface area contributed by atoms with Crippen molar-refractivity contribution in [3.05, 3.63) is 52.4 Å². The molecule has 3 rings (SSSR count). The number of aryl methyl sites for hydroxylation is 1. The SMILES string of the molecule is Cc1cc(C(=O)N[C@H]2CCN(C)[C@@H]2c2ccc(Cl)cc2)no1. The first-order valence-corrected chi connectivity index (χ1v) is 7.62. The van der Waals surface area contributed by atoms with E-state index in [9.17, 15) is 4.79 Å². The van der Waals surface area contributed by atoms with Crippen LogP contribution in [0.4, 0.5) is 0 Å². The molecule has 2 heterocycles. The van der Waals surface area contributed by atoms with Crippen molar-refractivity contribution in [2.45, 2.75) is 25.4 Å². The van der Waals surface area contributed by atoms with Gasteiger partial charge in [0, 0.05) is 17.6 Å². The number of nitrogens with zero attached hydrogens (tertiary/aromatic N) is 2. The first-order valence-electron chi connectivity index (χ1n) is 7.24. The molecule has 1 N–H and O–H groups in total. The molecule has 0 saturated carbocycles. The van der Waals surface area contributed by atoms with Crippen LogP contribution in [0.1, 0.15) is 34.3 Å². The van der Waals surface area contributed by atoms with Crippen LogP contribution in [0.15, 0.2) is 34.9 Å². The summed E-state index contributed by atoms with van der Waals surface area (Å²) in [5, 5.41) is 7.55. The minimum Gasteiger partial charge on any atom is -0.361 e. The average molecular weight is 320 g/mol. The minimum absolute atomic E-state index is 0.0377. The summed E-state index contributed by atoms with van der Waals surface area (Å²) in [6.07, 6.45) is 0.895. The van der Waals surface area contributed by atoms with Gasteiger partial charge >= 0.3 is 0 Å². The van der Waals surface area contributed by atoms with Gasteiger partial charge in [0.2, 0.25) is 0 Å². The molecule has 1 aliphatic rings. The first kappa shape index (κ1) is 15.1. The molecule has 1 amide bonds. The second-order valence-corrected chi connectivity index (χ2v) is 6.10. The van der Waals surface area contributed by atoms with Crippen molar-refractivity contribution < 1.29 is 9.32 Å². The molecule has 1 saturated heterocycles. The van der Waals surface area contributed by atoms with Crippen molar-refractivity contribution in [3.63, 3.8) is 0 Å². The van der Waals surface area contributed by atoms with Crippen molar-refractivity contribution >= 4 is 17.5 Å². The van der Waals surface area contributed by atoms with Gasteiger partial charge in [-0.3, -0.25) is 9.69 Å². The van der Waals surface area contributed by atoms with Crippen LogP contribution in [-0.4, -0.2) is 35.6 Å². The summed E-state index contributed by atoms with van der Waals surface area (Å²) in [5.74, 6) is 0.430. The molecule has 0 aliphatic carbocycles. The molecule has 1 fully saturated rings. The highest BCUT2D eigenvalue weighted by Gasteiger charge is 2.34. The van der Waals surface area contributed by atoms with Crippen molar-refractivity contribution in [2.75, 3.05) is 13.6 Å². The molecule has 116 valence electrons. The Hall–Kier alpha value is -1.85. The largest absolute Gasteiger partial charge is 0.361 e. The molecule has 5 nitrogen and oxygen atoms in total. The predicted octanol–water partition coefficient (Wildman–Crippen LogP) is 2.81. The molecular weight excluding hydrogens is 302 g/mol. The maximum absolute atomic E-state index is 12.3. The highest BCUT2D eigenvalue weighted by molar-refractivity contribution is 6.30. The van der Waals surface area contributed by atoms with E-state index < -0.39 is 0 Å². The fraction of sp³-hybridized carbons (Fsp3) is 0.375. The predicted molar refractivity (Wildman–Crippen MR) is 83.9 cm³/mol. The quantitative estimate of drug-likeness (QED) is 0.945. The van der Waals surface area contributed by atoms with E-state index in [0.717, 1.165) is 18.5 Å². The van der Waals surface area contributed by atoms with E-state index in [2.05, 4.69) is 22.4 Å². The Morgan fingerprint density at radius 3 is 2.77 bits per heavy atom. The van der Waals surface area contributed by atoms with Crippen molar-refractivity contribution in [1.82, 2.24) is 15.4 Å². The fourth-order valence-corrected chi connectivity index (χ4v) is 3.09. The van der Waals surface area contributed by atoms with Gasteiger partial charge in [0.05, 0.1) is 12.1 Å². The molecule has 1 aromatic carbocycles. The Labute approximate surface area is 134 Å². The molecule has 6 heteroatoms. The summed E-state index contributed by atoms with van der Waals surface area (Å²) < 4.78 is 4.96. The lowest BCUT2D eigenvalue weighted by Gasteiger charge is -2.26. The third-order valence-electron chi connectivity index (χ3n) is 4.04. The van der Waals surface area contributed by atoms with Crippen LogP contribution in [0, 0.1) is 6.92 Å². The van der Waals surface area contributed by atoms with Crippen LogP contribution >= 0.6 is 11.6 Å². The smallest absolute Gasteiger partial charge is 0.273 e. The molecule has 1 aromatic heterocycles. The number of rotatable bonds is 3. The molecule has 2 aromatic rings. The van der Waals surface area contributed by atoms with E-state index in [1.54, 1.807) is 13.0 Å². The molecule has 2 atom stereocenters. The van der Waals surface area contributed by atoms with Gasteiger partial charge in [-0.25, -0.2) is 0 Å². The summed E-state index contributed by atoms with van der Waals surface area (Å²) in [6.45, 7) is 2.69. The van der Waals surface area contributed by atoms with Gasteiger partial charge in [0.15, 0.2) is 5.69 Å². The standard InChI is InChI=1S/C16H18ClN3O2/c1-10-9-14(19-22-10)16(21)18-13-7-8-20(2)15(13)11-3-5-12(17)6-4-11/h3-6,9,13,15H,7-8H2,1-2H3,(H,18,21)/t13-,15+/m0/s1. The Bertz CT molecular complexity index is 668. The van der Waals surface area contributed by atoms with Gasteiger partial charge < -0.3 is 9.84 Å². The van der Waals surface area contributed by atoms with E-state index in [4.69, 9.17) is 16.1 Å². The number of hydrogen-bond acceptors (Lipinski definition) is 4. The fourth-order valence-electron chi connectivity index (χ4n) is 2.96. The lowest BCUT2D eigenvalue weighted by atomic mass is 10.00. The molecule has 0 unspecified atom stereocenters. The third kappa shape index (κ3) is 3.00. The molecule has 0 bridgehead atoms. The highest BCUT2D eigenvalue weighted by Crippen LogP contribution is 2.31. The number of carbonyl (C=O) groups is 1. The van der Waals surface area contributed by atoms with E-state index in [1.807, 2.05) is 24.3 Å². The van der Waals surface area contributed by atoms with Crippen LogP contribution < -0.4 is 5.32 Å². The zero-order chi connectivity index (χ0) is 15.7. The number of nitrogens with one attached hydrogen (secondary N) is 1. The van der Waals surface area contributed by atoms with Crippen LogP contribution in [0.5, 0.6) is 0 Å². The Balaban J connectivity index is 1.77. The van der Waals surface area contributed by atoms with Gasteiger partial charge in [-0.2, -0.15) is 0 Å². The van der Waals surface area contributed by atoms with Crippen LogP contribution in [0.2, 0.25) is 5.02 Å². The Kier molecular flexibility index (Phi) is 4.18. The summed E-state index contributed by atoms with van der Waals surface area (Å²) in [7, 11) is 2.06. The second-order valence-electron chi connectivity index (χ2n) is 5.67. The number of amides is 1. The summed E-state index contributed by atoms with van der Waals surface area (Å²) in [5.41, 5.74) is 1.47. The lowest BCUT2D eigenvalue weighted by Crippen LogP contribution is -2.39. The Morgan fingerprint density at radius 1 is 1.41 bits per heavy atom. The molecule has 1 aliphatic heterocycles. The van der Waals surface area contributed by atoms with Gasteiger partial charge in [-0.1, -0.05) is 28.9 Å². The average Bonchev–Trinajstić information content (AvgIpc) is 3.07. The summed E-state index contributed by atoms with van der Waals surface area (Å²) >= 11 is 5.96. The zero-order valence-electron chi connectivity index (χ0n) is 12.5. The monoisotopic (exact) mass is 319 g/mol. The maximum atomic E-state index is 12.3. The number of likely N-dealkylation sites (tertiary alicyclic amines) is 1. The number of carbonyl (C=O) groups excluding carboxylic acids is 1. The number of aromatic nitrogens is 1. The van der Waals surface area contributed by atoms with Gasteiger partial charge in [-0.15, -0.1) is 0 Å². The van der Waals surface area contributed by atoms with E-state index in [0.29, 0.717) is 16.5 Å². The normalized spacial score (nSPS) is 22.0.